The summed E-state index contributed by atoms with van der Waals surface area (Å²) < 4.78 is 37.6. The summed E-state index contributed by atoms with van der Waals surface area (Å²) in [6.07, 6.45) is 1.32. The Balaban J connectivity index is 2.14. The molecule has 2 aromatic rings. The van der Waals surface area contributed by atoms with Crippen LogP contribution >= 0.6 is 11.3 Å². The monoisotopic (exact) mass is 287 g/mol. The number of nitrogens with one attached hydrogen (secondary N) is 1. The van der Waals surface area contributed by atoms with E-state index >= 15 is 0 Å². The lowest BCUT2D eigenvalue weighted by atomic mass is 10.1. The molecule has 0 bridgehead atoms. The molecule has 5 nitrogen and oxygen atoms in total. The first-order valence-electron chi connectivity index (χ1n) is 4.97. The summed E-state index contributed by atoms with van der Waals surface area (Å²) in [6, 6.07) is 6.36. The van der Waals surface area contributed by atoms with Gasteiger partial charge in [0.15, 0.2) is 0 Å². The zero-order valence-corrected chi connectivity index (χ0v) is 11.1. The number of benzene rings is 1. The molecule has 0 atom stereocenters. The van der Waals surface area contributed by atoms with E-state index in [-0.39, 0.29) is 17.4 Å². The Bertz CT molecular complexity index is 655. The quantitative estimate of drug-likeness (QED) is 0.928. The van der Waals surface area contributed by atoms with E-state index in [1.807, 2.05) is 0 Å². The van der Waals surface area contributed by atoms with E-state index in [9.17, 15) is 12.8 Å². The van der Waals surface area contributed by atoms with E-state index in [0.717, 1.165) is 17.6 Å². The first-order chi connectivity index (χ1) is 8.44. The van der Waals surface area contributed by atoms with Gasteiger partial charge in [-0.15, -0.1) is 10.2 Å². The van der Waals surface area contributed by atoms with E-state index < -0.39 is 10.0 Å². The Labute approximate surface area is 108 Å². The molecule has 8 heteroatoms. The molecule has 18 heavy (non-hydrogen) atoms. The zero-order valence-electron chi connectivity index (χ0n) is 9.42. The molecule has 1 heterocycles. The van der Waals surface area contributed by atoms with Gasteiger partial charge in [0.2, 0.25) is 15.2 Å². The highest BCUT2D eigenvalue weighted by molar-refractivity contribution is 7.92. The molecule has 0 saturated heterocycles. The van der Waals surface area contributed by atoms with Crippen molar-refractivity contribution in [2.24, 2.45) is 0 Å². The van der Waals surface area contributed by atoms with Crippen LogP contribution in [0.5, 0.6) is 0 Å². The number of sulfonamides is 1. The Morgan fingerprint density at radius 3 is 2.72 bits per heavy atom. The van der Waals surface area contributed by atoms with Gasteiger partial charge in [0.05, 0.1) is 6.26 Å². The van der Waals surface area contributed by atoms with Gasteiger partial charge in [-0.2, -0.15) is 0 Å². The average Bonchev–Trinajstić information content (AvgIpc) is 2.66. The maximum absolute atomic E-state index is 13.4. The first-order valence-corrected chi connectivity index (χ1v) is 7.68. The lowest BCUT2D eigenvalue weighted by Crippen LogP contribution is -2.08. The van der Waals surface area contributed by atoms with E-state index in [2.05, 4.69) is 14.9 Å². The van der Waals surface area contributed by atoms with Crippen molar-refractivity contribution in [3.05, 3.63) is 40.7 Å². The molecule has 0 fully saturated rings. The maximum Gasteiger partial charge on any atom is 0.231 e. The van der Waals surface area contributed by atoms with E-state index in [1.165, 1.54) is 6.07 Å². The molecule has 1 aromatic heterocycles. The summed E-state index contributed by atoms with van der Waals surface area (Å²) >= 11 is 1.08. The number of anilines is 1. The van der Waals surface area contributed by atoms with Gasteiger partial charge >= 0.3 is 0 Å². The van der Waals surface area contributed by atoms with Crippen LogP contribution in [0.4, 0.5) is 9.52 Å². The van der Waals surface area contributed by atoms with E-state index in [4.69, 9.17) is 0 Å². The molecule has 0 spiro atoms. The lowest BCUT2D eigenvalue weighted by Gasteiger charge is -1.98. The van der Waals surface area contributed by atoms with Gasteiger partial charge in [-0.05, 0) is 11.6 Å². The van der Waals surface area contributed by atoms with Crippen LogP contribution in [0.1, 0.15) is 10.6 Å². The van der Waals surface area contributed by atoms with Crippen molar-refractivity contribution in [1.29, 1.82) is 0 Å². The van der Waals surface area contributed by atoms with Gasteiger partial charge in [0.25, 0.3) is 0 Å². The van der Waals surface area contributed by atoms with Gasteiger partial charge < -0.3 is 0 Å². The van der Waals surface area contributed by atoms with Crippen molar-refractivity contribution in [3.8, 4) is 0 Å². The average molecular weight is 287 g/mol. The van der Waals surface area contributed by atoms with Crippen LogP contribution in [0.3, 0.4) is 0 Å². The highest BCUT2D eigenvalue weighted by Crippen LogP contribution is 2.20. The fraction of sp³-hybridized carbons (Fsp3) is 0.200. The highest BCUT2D eigenvalue weighted by atomic mass is 32.2. The van der Waals surface area contributed by atoms with Crippen LogP contribution in [0.15, 0.2) is 24.3 Å². The van der Waals surface area contributed by atoms with Crippen LogP contribution in [-0.2, 0) is 16.4 Å². The zero-order chi connectivity index (χ0) is 13.2. The minimum atomic E-state index is -3.36. The van der Waals surface area contributed by atoms with Gasteiger partial charge in [-0.25, -0.2) is 12.8 Å². The molecule has 0 radical (unpaired) electrons. The van der Waals surface area contributed by atoms with Crippen molar-refractivity contribution in [2.45, 2.75) is 6.42 Å². The van der Waals surface area contributed by atoms with Crippen LogP contribution in [0, 0.1) is 5.82 Å². The molecule has 0 aliphatic carbocycles. The second-order valence-electron chi connectivity index (χ2n) is 3.64. The minimum absolute atomic E-state index is 0.184. The van der Waals surface area contributed by atoms with Crippen molar-refractivity contribution in [2.75, 3.05) is 11.0 Å². The predicted octanol–water partition coefficient (Wildman–Crippen LogP) is 1.64. The van der Waals surface area contributed by atoms with Crippen LogP contribution < -0.4 is 4.72 Å². The van der Waals surface area contributed by atoms with Crippen molar-refractivity contribution in [3.63, 3.8) is 0 Å². The Morgan fingerprint density at radius 1 is 1.33 bits per heavy atom. The standard InChI is InChI=1S/C10H10FN3O2S2/c1-18(15,16)14-10-13-12-9(17-10)6-7-4-2-3-5-8(7)11/h2-5H,6H2,1H3,(H,13,14). The number of nitrogens with zero attached hydrogens (tertiary/aromatic N) is 2. The fourth-order valence-corrected chi connectivity index (χ4v) is 2.92. The first kappa shape index (κ1) is 12.9. The summed E-state index contributed by atoms with van der Waals surface area (Å²) in [4.78, 5) is 0. The third kappa shape index (κ3) is 3.47. The summed E-state index contributed by atoms with van der Waals surface area (Å²) in [5, 5.41) is 8.23. The molecule has 96 valence electrons. The van der Waals surface area contributed by atoms with Crippen LogP contribution in [-0.4, -0.2) is 24.9 Å². The van der Waals surface area contributed by atoms with E-state index in [0.29, 0.717) is 10.6 Å². The van der Waals surface area contributed by atoms with Crippen LogP contribution in [0.25, 0.3) is 0 Å². The summed E-state index contributed by atoms with van der Waals surface area (Å²) in [6.45, 7) is 0. The second kappa shape index (κ2) is 4.99. The fourth-order valence-electron chi connectivity index (χ4n) is 1.33. The van der Waals surface area contributed by atoms with Gasteiger partial charge in [-0.3, -0.25) is 4.72 Å². The lowest BCUT2D eigenvalue weighted by molar-refractivity contribution is 0.606. The van der Waals surface area contributed by atoms with Crippen LogP contribution in [0.2, 0.25) is 0 Å². The van der Waals surface area contributed by atoms with Gasteiger partial charge in [0, 0.05) is 6.42 Å². The Kier molecular flexibility index (Phi) is 3.58. The molecule has 0 amide bonds. The topological polar surface area (TPSA) is 72.0 Å². The molecular formula is C10H10FN3O2S2. The third-order valence-electron chi connectivity index (χ3n) is 2.04. The molecule has 1 aromatic carbocycles. The number of hydrogen-bond acceptors (Lipinski definition) is 5. The Morgan fingerprint density at radius 2 is 2.06 bits per heavy atom. The van der Waals surface area contributed by atoms with E-state index in [1.54, 1.807) is 18.2 Å². The summed E-state index contributed by atoms with van der Waals surface area (Å²) in [5.41, 5.74) is 0.500. The Hall–Kier alpha value is -1.54. The van der Waals surface area contributed by atoms with Gasteiger partial charge in [-0.1, -0.05) is 29.5 Å². The van der Waals surface area contributed by atoms with Crippen molar-refractivity contribution in [1.82, 2.24) is 10.2 Å². The summed E-state index contributed by atoms with van der Waals surface area (Å²) in [7, 11) is -3.36. The van der Waals surface area contributed by atoms with Gasteiger partial charge in [0.1, 0.15) is 10.8 Å². The SMILES string of the molecule is CS(=O)(=O)Nc1nnc(Cc2ccccc2F)s1. The third-order valence-corrected chi connectivity index (χ3v) is 3.57. The molecule has 0 unspecified atom stereocenters. The van der Waals surface area contributed by atoms with Crippen molar-refractivity contribution < 1.29 is 12.8 Å². The molecule has 0 aliphatic rings. The number of halogens is 1. The maximum atomic E-state index is 13.4. The molecule has 0 saturated carbocycles. The molecule has 0 aliphatic heterocycles. The predicted molar refractivity (Wildman–Crippen MR) is 67.6 cm³/mol. The smallest absolute Gasteiger partial charge is 0.231 e. The summed E-state index contributed by atoms with van der Waals surface area (Å²) in [5.74, 6) is -0.315. The molecule has 2 rings (SSSR count). The minimum Gasteiger partial charge on any atom is -0.257 e. The number of aromatic nitrogens is 2. The van der Waals surface area contributed by atoms with Crippen molar-refractivity contribution >= 4 is 26.5 Å². The number of rotatable bonds is 4. The largest absolute Gasteiger partial charge is 0.257 e. The molecule has 1 N–H and O–H groups in total. The highest BCUT2D eigenvalue weighted by Gasteiger charge is 2.10. The number of hydrogen-bond donors (Lipinski definition) is 1. The normalized spacial score (nSPS) is 11.4. The second-order valence-corrected chi connectivity index (χ2v) is 6.45. The molecular weight excluding hydrogens is 277 g/mol.